The SMILES string of the molecule is CS(=O)(=O)c1ccc(N2CCC(F)CC2)c(N)c1. The van der Waals surface area contributed by atoms with E-state index in [0.29, 0.717) is 31.6 Å². The summed E-state index contributed by atoms with van der Waals surface area (Å²) >= 11 is 0. The number of anilines is 2. The average molecular weight is 272 g/mol. The van der Waals surface area contributed by atoms with Crippen LogP contribution in [0.3, 0.4) is 0 Å². The lowest BCUT2D eigenvalue weighted by atomic mass is 10.1. The van der Waals surface area contributed by atoms with Crippen LogP contribution in [0.5, 0.6) is 0 Å². The van der Waals surface area contributed by atoms with Crippen molar-refractivity contribution in [3.63, 3.8) is 0 Å². The fourth-order valence-corrected chi connectivity index (χ4v) is 2.80. The molecule has 18 heavy (non-hydrogen) atoms. The van der Waals surface area contributed by atoms with Crippen LogP contribution >= 0.6 is 0 Å². The second-order valence-electron chi connectivity index (χ2n) is 4.65. The summed E-state index contributed by atoms with van der Waals surface area (Å²) in [6, 6.07) is 4.71. The van der Waals surface area contributed by atoms with Crippen molar-refractivity contribution >= 4 is 21.2 Å². The first kappa shape index (κ1) is 13.1. The number of piperidine rings is 1. The Balaban J connectivity index is 2.25. The second-order valence-corrected chi connectivity index (χ2v) is 6.67. The maximum absolute atomic E-state index is 13.1. The molecular formula is C12H17FN2O2S. The van der Waals surface area contributed by atoms with Crippen LogP contribution in [-0.2, 0) is 9.84 Å². The molecule has 1 heterocycles. The Hall–Kier alpha value is -1.30. The molecule has 1 fully saturated rings. The van der Waals surface area contributed by atoms with Crippen LogP contribution in [0.4, 0.5) is 15.8 Å². The van der Waals surface area contributed by atoms with Crippen LogP contribution in [0.25, 0.3) is 0 Å². The van der Waals surface area contributed by atoms with Crippen molar-refractivity contribution in [2.45, 2.75) is 23.9 Å². The molecule has 100 valence electrons. The monoisotopic (exact) mass is 272 g/mol. The van der Waals surface area contributed by atoms with Gasteiger partial charge in [-0.15, -0.1) is 0 Å². The second kappa shape index (κ2) is 4.76. The molecule has 1 saturated heterocycles. The van der Waals surface area contributed by atoms with Gasteiger partial charge in [-0.25, -0.2) is 12.8 Å². The van der Waals surface area contributed by atoms with Gasteiger partial charge in [0.2, 0.25) is 0 Å². The predicted octanol–water partition coefficient (Wildman–Crippen LogP) is 1.61. The van der Waals surface area contributed by atoms with E-state index >= 15 is 0 Å². The highest BCUT2D eigenvalue weighted by atomic mass is 32.2. The van der Waals surface area contributed by atoms with Gasteiger partial charge in [-0.3, -0.25) is 0 Å². The van der Waals surface area contributed by atoms with Crippen molar-refractivity contribution in [2.24, 2.45) is 0 Å². The Labute approximate surface area is 107 Å². The normalized spacial score (nSPS) is 18.0. The van der Waals surface area contributed by atoms with Crippen molar-refractivity contribution in [3.05, 3.63) is 18.2 Å². The molecule has 0 radical (unpaired) electrons. The minimum atomic E-state index is -3.24. The lowest BCUT2D eigenvalue weighted by Crippen LogP contribution is -2.34. The molecule has 1 aromatic rings. The molecule has 2 N–H and O–H groups in total. The van der Waals surface area contributed by atoms with Gasteiger partial charge in [0.05, 0.1) is 16.3 Å². The number of hydrogen-bond acceptors (Lipinski definition) is 4. The molecule has 1 aliphatic rings. The van der Waals surface area contributed by atoms with Gasteiger partial charge in [0.25, 0.3) is 0 Å². The molecule has 0 atom stereocenters. The zero-order chi connectivity index (χ0) is 13.3. The van der Waals surface area contributed by atoms with E-state index in [1.807, 2.05) is 4.90 Å². The number of halogens is 1. The van der Waals surface area contributed by atoms with Crippen molar-refractivity contribution in [2.75, 3.05) is 30.0 Å². The van der Waals surface area contributed by atoms with E-state index in [2.05, 4.69) is 0 Å². The van der Waals surface area contributed by atoms with Gasteiger partial charge >= 0.3 is 0 Å². The average Bonchev–Trinajstić information content (AvgIpc) is 2.29. The molecule has 0 aromatic heterocycles. The smallest absolute Gasteiger partial charge is 0.175 e. The molecule has 0 aliphatic carbocycles. The Morgan fingerprint density at radius 3 is 2.44 bits per heavy atom. The largest absolute Gasteiger partial charge is 0.397 e. The van der Waals surface area contributed by atoms with E-state index in [-0.39, 0.29) is 4.90 Å². The molecule has 1 aromatic carbocycles. The highest BCUT2D eigenvalue weighted by molar-refractivity contribution is 7.90. The molecule has 0 spiro atoms. The standard InChI is InChI=1S/C12H17FN2O2S/c1-18(16,17)10-2-3-12(11(14)8-10)15-6-4-9(13)5-7-15/h2-3,8-9H,4-7,14H2,1H3. The molecule has 0 unspecified atom stereocenters. The van der Waals surface area contributed by atoms with E-state index in [9.17, 15) is 12.8 Å². The van der Waals surface area contributed by atoms with Crippen LogP contribution < -0.4 is 10.6 Å². The fourth-order valence-electron chi connectivity index (χ4n) is 2.14. The number of hydrogen-bond donors (Lipinski definition) is 1. The molecule has 0 saturated carbocycles. The summed E-state index contributed by atoms with van der Waals surface area (Å²) in [5, 5.41) is 0. The minimum Gasteiger partial charge on any atom is -0.397 e. The molecule has 0 bridgehead atoms. The molecule has 4 nitrogen and oxygen atoms in total. The number of rotatable bonds is 2. The lowest BCUT2D eigenvalue weighted by Gasteiger charge is -2.31. The summed E-state index contributed by atoms with van der Waals surface area (Å²) < 4.78 is 35.9. The van der Waals surface area contributed by atoms with Crippen molar-refractivity contribution in [1.29, 1.82) is 0 Å². The number of nitrogen functional groups attached to an aromatic ring is 1. The molecule has 6 heteroatoms. The summed E-state index contributed by atoms with van der Waals surface area (Å²) in [5.74, 6) is 0. The Kier molecular flexibility index (Phi) is 3.47. The number of nitrogens with two attached hydrogens (primary N) is 1. The summed E-state index contributed by atoms with van der Waals surface area (Å²) in [6.07, 6.45) is 1.40. The molecule has 0 amide bonds. The number of nitrogens with zero attached hydrogens (tertiary/aromatic N) is 1. The Morgan fingerprint density at radius 1 is 1.33 bits per heavy atom. The zero-order valence-electron chi connectivity index (χ0n) is 10.3. The number of alkyl halides is 1. The van der Waals surface area contributed by atoms with Crippen LogP contribution in [0.1, 0.15) is 12.8 Å². The van der Waals surface area contributed by atoms with E-state index in [1.54, 1.807) is 12.1 Å². The summed E-state index contributed by atoms with van der Waals surface area (Å²) in [7, 11) is -3.24. The Bertz CT molecular complexity index is 537. The van der Waals surface area contributed by atoms with Gasteiger partial charge in [0.15, 0.2) is 9.84 Å². The van der Waals surface area contributed by atoms with Gasteiger partial charge in [-0.2, -0.15) is 0 Å². The quantitative estimate of drug-likeness (QED) is 0.831. The number of sulfone groups is 1. The third-order valence-corrected chi connectivity index (χ3v) is 4.30. The van der Waals surface area contributed by atoms with Crippen LogP contribution in [-0.4, -0.2) is 33.9 Å². The van der Waals surface area contributed by atoms with Gasteiger partial charge in [-0.05, 0) is 31.0 Å². The first-order valence-corrected chi connectivity index (χ1v) is 7.75. The fraction of sp³-hybridized carbons (Fsp3) is 0.500. The predicted molar refractivity (Wildman–Crippen MR) is 70.3 cm³/mol. The van der Waals surface area contributed by atoms with Gasteiger partial charge in [0, 0.05) is 19.3 Å². The topological polar surface area (TPSA) is 63.4 Å². The summed E-state index contributed by atoms with van der Waals surface area (Å²) in [5.41, 5.74) is 7.10. The Morgan fingerprint density at radius 2 is 1.94 bits per heavy atom. The molecular weight excluding hydrogens is 255 g/mol. The highest BCUT2D eigenvalue weighted by Crippen LogP contribution is 2.29. The minimum absolute atomic E-state index is 0.212. The number of benzene rings is 1. The van der Waals surface area contributed by atoms with Crippen molar-refractivity contribution < 1.29 is 12.8 Å². The van der Waals surface area contributed by atoms with Crippen LogP contribution in [0, 0.1) is 0 Å². The van der Waals surface area contributed by atoms with Gasteiger partial charge in [-0.1, -0.05) is 0 Å². The first-order chi connectivity index (χ1) is 8.38. The third kappa shape index (κ3) is 2.75. The summed E-state index contributed by atoms with van der Waals surface area (Å²) in [4.78, 5) is 2.21. The van der Waals surface area contributed by atoms with Crippen molar-refractivity contribution in [3.8, 4) is 0 Å². The molecule has 1 aliphatic heterocycles. The summed E-state index contributed by atoms with van der Waals surface area (Å²) in [6.45, 7) is 1.23. The van der Waals surface area contributed by atoms with E-state index in [0.717, 1.165) is 11.9 Å². The maximum Gasteiger partial charge on any atom is 0.175 e. The van der Waals surface area contributed by atoms with Crippen LogP contribution in [0.15, 0.2) is 23.1 Å². The van der Waals surface area contributed by atoms with Gasteiger partial charge in [0.1, 0.15) is 6.17 Å². The van der Waals surface area contributed by atoms with Crippen LogP contribution in [0.2, 0.25) is 0 Å². The van der Waals surface area contributed by atoms with E-state index in [4.69, 9.17) is 5.73 Å². The molecule has 2 rings (SSSR count). The van der Waals surface area contributed by atoms with E-state index in [1.165, 1.54) is 6.07 Å². The van der Waals surface area contributed by atoms with E-state index < -0.39 is 16.0 Å². The van der Waals surface area contributed by atoms with Gasteiger partial charge < -0.3 is 10.6 Å². The highest BCUT2D eigenvalue weighted by Gasteiger charge is 2.20. The zero-order valence-corrected chi connectivity index (χ0v) is 11.1. The first-order valence-electron chi connectivity index (χ1n) is 5.86. The maximum atomic E-state index is 13.1. The van der Waals surface area contributed by atoms with Crippen molar-refractivity contribution in [1.82, 2.24) is 0 Å². The lowest BCUT2D eigenvalue weighted by molar-refractivity contribution is 0.277. The third-order valence-electron chi connectivity index (χ3n) is 3.19.